The van der Waals surface area contributed by atoms with Gasteiger partial charge < -0.3 is 5.73 Å². The molecule has 0 atom stereocenters. The van der Waals surface area contributed by atoms with E-state index in [-0.39, 0.29) is 11.5 Å². The number of benzene rings is 1. The standard InChI is InChI=1S/C12H9N5O2/c13-12-10(17(18)19)6-5-9(14-12)11-7-3-1-2-4-8(7)15-16-11/h1-6H,(H2,13,14)(H,15,16). The molecule has 7 heteroatoms. The van der Waals surface area contributed by atoms with Crippen LogP contribution in [-0.4, -0.2) is 20.1 Å². The number of hydrogen-bond donors (Lipinski definition) is 2. The molecule has 3 N–H and O–H groups in total. The molecule has 94 valence electrons. The van der Waals surface area contributed by atoms with Crippen LogP contribution in [0.15, 0.2) is 36.4 Å². The fraction of sp³-hybridized carbons (Fsp3) is 0. The topological polar surface area (TPSA) is 111 Å². The number of aromatic nitrogens is 3. The van der Waals surface area contributed by atoms with Crippen molar-refractivity contribution in [3.63, 3.8) is 0 Å². The number of para-hydroxylation sites is 1. The van der Waals surface area contributed by atoms with E-state index in [1.807, 2.05) is 24.3 Å². The molecule has 0 spiro atoms. The van der Waals surface area contributed by atoms with E-state index in [1.54, 1.807) is 0 Å². The van der Waals surface area contributed by atoms with E-state index in [4.69, 9.17) is 5.73 Å². The van der Waals surface area contributed by atoms with Crippen molar-refractivity contribution in [2.45, 2.75) is 0 Å². The highest BCUT2D eigenvalue weighted by molar-refractivity contribution is 5.92. The summed E-state index contributed by atoms with van der Waals surface area (Å²) >= 11 is 0. The van der Waals surface area contributed by atoms with Gasteiger partial charge in [0, 0.05) is 11.5 Å². The second kappa shape index (κ2) is 4.05. The van der Waals surface area contributed by atoms with Crippen LogP contribution in [0.5, 0.6) is 0 Å². The van der Waals surface area contributed by atoms with Crippen molar-refractivity contribution in [1.82, 2.24) is 15.2 Å². The van der Waals surface area contributed by atoms with Gasteiger partial charge in [0.05, 0.1) is 16.1 Å². The van der Waals surface area contributed by atoms with Gasteiger partial charge in [-0.25, -0.2) is 4.98 Å². The number of fused-ring (bicyclic) bond motifs is 1. The number of pyridine rings is 1. The van der Waals surface area contributed by atoms with Gasteiger partial charge in [-0.15, -0.1) is 0 Å². The Balaban J connectivity index is 2.17. The Morgan fingerprint density at radius 3 is 2.74 bits per heavy atom. The lowest BCUT2D eigenvalue weighted by molar-refractivity contribution is -0.384. The molecule has 1 aromatic carbocycles. The van der Waals surface area contributed by atoms with E-state index in [0.717, 1.165) is 10.9 Å². The molecule has 0 aliphatic carbocycles. The van der Waals surface area contributed by atoms with Crippen molar-refractivity contribution in [2.75, 3.05) is 5.73 Å². The number of nitrogens with one attached hydrogen (secondary N) is 1. The average molecular weight is 255 g/mol. The fourth-order valence-corrected chi connectivity index (χ4v) is 1.91. The number of aromatic amines is 1. The maximum absolute atomic E-state index is 10.7. The molecule has 19 heavy (non-hydrogen) atoms. The molecular weight excluding hydrogens is 246 g/mol. The Morgan fingerprint density at radius 2 is 2.00 bits per heavy atom. The Hall–Kier alpha value is -2.96. The van der Waals surface area contributed by atoms with Crippen molar-refractivity contribution in [3.05, 3.63) is 46.5 Å². The van der Waals surface area contributed by atoms with Gasteiger partial charge in [0.2, 0.25) is 5.82 Å². The van der Waals surface area contributed by atoms with E-state index < -0.39 is 4.92 Å². The SMILES string of the molecule is Nc1nc(-c2n[nH]c3ccccc23)ccc1[N+](=O)[O-]. The van der Waals surface area contributed by atoms with Gasteiger partial charge in [-0.2, -0.15) is 5.10 Å². The first-order valence-corrected chi connectivity index (χ1v) is 5.51. The van der Waals surface area contributed by atoms with Crippen LogP contribution in [0, 0.1) is 10.1 Å². The lowest BCUT2D eigenvalue weighted by atomic mass is 10.1. The van der Waals surface area contributed by atoms with Gasteiger partial charge >= 0.3 is 5.69 Å². The molecule has 0 saturated heterocycles. The quantitative estimate of drug-likeness (QED) is 0.538. The number of hydrogen-bond acceptors (Lipinski definition) is 5. The van der Waals surface area contributed by atoms with Crippen LogP contribution in [0.25, 0.3) is 22.3 Å². The first-order valence-electron chi connectivity index (χ1n) is 5.51. The molecular formula is C12H9N5O2. The molecule has 0 bridgehead atoms. The maximum atomic E-state index is 10.7. The first kappa shape index (κ1) is 11.1. The van der Waals surface area contributed by atoms with Gasteiger partial charge in [-0.1, -0.05) is 18.2 Å². The monoisotopic (exact) mass is 255 g/mol. The molecule has 0 fully saturated rings. The zero-order valence-corrected chi connectivity index (χ0v) is 9.70. The Morgan fingerprint density at radius 1 is 1.21 bits per heavy atom. The first-order chi connectivity index (χ1) is 9.16. The number of anilines is 1. The molecule has 0 radical (unpaired) electrons. The van der Waals surface area contributed by atoms with Crippen LogP contribution in [0.2, 0.25) is 0 Å². The van der Waals surface area contributed by atoms with Crippen LogP contribution >= 0.6 is 0 Å². The number of nitrogens with two attached hydrogens (primary N) is 1. The molecule has 0 aliphatic heterocycles. The van der Waals surface area contributed by atoms with E-state index in [9.17, 15) is 10.1 Å². The van der Waals surface area contributed by atoms with Crippen molar-refractivity contribution < 1.29 is 4.92 Å². The smallest absolute Gasteiger partial charge is 0.311 e. The van der Waals surface area contributed by atoms with E-state index in [2.05, 4.69) is 15.2 Å². The number of H-pyrrole nitrogens is 1. The van der Waals surface area contributed by atoms with Gasteiger partial charge in [0.15, 0.2) is 0 Å². The molecule has 2 heterocycles. The van der Waals surface area contributed by atoms with Crippen molar-refractivity contribution in [2.24, 2.45) is 0 Å². The second-order valence-corrected chi connectivity index (χ2v) is 3.98. The minimum Gasteiger partial charge on any atom is -0.378 e. The summed E-state index contributed by atoms with van der Waals surface area (Å²) in [7, 11) is 0. The minimum absolute atomic E-state index is 0.116. The number of rotatable bonds is 2. The molecule has 0 aliphatic rings. The molecule has 0 amide bonds. The lowest BCUT2D eigenvalue weighted by Crippen LogP contribution is -1.99. The van der Waals surface area contributed by atoms with Gasteiger partial charge in [0.25, 0.3) is 0 Å². The van der Waals surface area contributed by atoms with Crippen LogP contribution in [0.1, 0.15) is 0 Å². The summed E-state index contributed by atoms with van der Waals surface area (Å²) in [5, 5.41) is 18.6. The lowest BCUT2D eigenvalue weighted by Gasteiger charge is -2.00. The summed E-state index contributed by atoms with van der Waals surface area (Å²) in [6.45, 7) is 0. The Labute approximate surface area is 107 Å². The van der Waals surface area contributed by atoms with E-state index >= 15 is 0 Å². The molecule has 3 rings (SSSR count). The van der Waals surface area contributed by atoms with Crippen LogP contribution < -0.4 is 5.73 Å². The molecule has 0 unspecified atom stereocenters. The highest BCUT2D eigenvalue weighted by atomic mass is 16.6. The third-order valence-electron chi connectivity index (χ3n) is 2.81. The summed E-state index contributed by atoms with van der Waals surface area (Å²) in [6, 6.07) is 10.4. The number of nitrogen functional groups attached to an aromatic ring is 1. The molecule has 0 saturated carbocycles. The zero-order valence-electron chi connectivity index (χ0n) is 9.70. The number of nitro groups is 1. The molecule has 3 aromatic rings. The van der Waals surface area contributed by atoms with Gasteiger partial charge in [-0.05, 0) is 12.1 Å². The summed E-state index contributed by atoms with van der Waals surface area (Å²) < 4.78 is 0. The summed E-state index contributed by atoms with van der Waals surface area (Å²) in [4.78, 5) is 14.2. The third kappa shape index (κ3) is 1.77. The van der Waals surface area contributed by atoms with Crippen molar-refractivity contribution in [3.8, 4) is 11.4 Å². The van der Waals surface area contributed by atoms with Crippen molar-refractivity contribution >= 4 is 22.4 Å². The summed E-state index contributed by atoms with van der Waals surface area (Å²) in [5.74, 6) is -0.116. The zero-order chi connectivity index (χ0) is 13.4. The average Bonchev–Trinajstić information content (AvgIpc) is 2.82. The third-order valence-corrected chi connectivity index (χ3v) is 2.81. The predicted molar refractivity (Wildman–Crippen MR) is 70.4 cm³/mol. The van der Waals surface area contributed by atoms with E-state index in [0.29, 0.717) is 11.4 Å². The molecule has 7 nitrogen and oxygen atoms in total. The van der Waals surface area contributed by atoms with Gasteiger partial charge in [-0.3, -0.25) is 15.2 Å². The van der Waals surface area contributed by atoms with E-state index in [1.165, 1.54) is 12.1 Å². The minimum atomic E-state index is -0.561. The highest BCUT2D eigenvalue weighted by Crippen LogP contribution is 2.28. The Bertz CT molecular complexity index is 781. The highest BCUT2D eigenvalue weighted by Gasteiger charge is 2.16. The maximum Gasteiger partial charge on any atom is 0.311 e. The summed E-state index contributed by atoms with van der Waals surface area (Å²) in [5.41, 5.74) is 7.37. The normalized spacial score (nSPS) is 10.7. The fourth-order valence-electron chi connectivity index (χ4n) is 1.91. The van der Waals surface area contributed by atoms with Gasteiger partial charge in [0.1, 0.15) is 5.69 Å². The number of nitrogens with zero attached hydrogens (tertiary/aromatic N) is 3. The Kier molecular flexibility index (Phi) is 2.38. The largest absolute Gasteiger partial charge is 0.378 e. The summed E-state index contributed by atoms with van der Waals surface area (Å²) in [6.07, 6.45) is 0. The molecule has 2 aromatic heterocycles. The second-order valence-electron chi connectivity index (χ2n) is 3.98. The van der Waals surface area contributed by atoms with Crippen LogP contribution in [0.3, 0.4) is 0 Å². The van der Waals surface area contributed by atoms with Crippen LogP contribution in [-0.2, 0) is 0 Å². The van der Waals surface area contributed by atoms with Crippen molar-refractivity contribution in [1.29, 1.82) is 0 Å². The van der Waals surface area contributed by atoms with Crippen LogP contribution in [0.4, 0.5) is 11.5 Å². The predicted octanol–water partition coefficient (Wildman–Crippen LogP) is 2.12.